The highest BCUT2D eigenvalue weighted by Gasteiger charge is 2.47. The molecule has 0 spiro atoms. The zero-order valence-corrected chi connectivity index (χ0v) is 13.4. The molecule has 1 N–H and O–H groups in total. The molecule has 0 unspecified atom stereocenters. The molecule has 114 valence electrons. The fourth-order valence-corrected chi connectivity index (χ4v) is 2.87. The summed E-state index contributed by atoms with van der Waals surface area (Å²) in [4.78, 5) is 11.4. The highest BCUT2D eigenvalue weighted by atomic mass is 28.4. The third kappa shape index (κ3) is 8.36. The first-order valence-electron chi connectivity index (χ1n) is 6.16. The molecule has 1 amide bonds. The Hall–Kier alpha value is -2.43. The van der Waals surface area contributed by atoms with E-state index in [1.54, 1.807) is 20.8 Å². The lowest BCUT2D eigenvalue weighted by Crippen LogP contribution is -2.43. The van der Waals surface area contributed by atoms with Crippen LogP contribution in [0.4, 0.5) is 4.79 Å². The van der Waals surface area contributed by atoms with Gasteiger partial charge in [-0.1, -0.05) is 19.3 Å². The van der Waals surface area contributed by atoms with Gasteiger partial charge in [0.2, 0.25) is 0 Å². The van der Waals surface area contributed by atoms with Crippen molar-refractivity contribution in [1.82, 2.24) is 5.32 Å². The van der Waals surface area contributed by atoms with E-state index in [1.165, 1.54) is 0 Å². The second-order valence-electron chi connectivity index (χ2n) is 4.87. The van der Waals surface area contributed by atoms with Crippen LogP contribution in [0.5, 0.6) is 0 Å². The number of rotatable bonds is 7. The Balaban J connectivity index is 4.33. The minimum absolute atomic E-state index is 0.251. The van der Waals surface area contributed by atoms with Crippen LogP contribution in [0.1, 0.15) is 27.2 Å². The van der Waals surface area contributed by atoms with Gasteiger partial charge in [0.05, 0.1) is 24.4 Å². The van der Waals surface area contributed by atoms with Gasteiger partial charge in [0.1, 0.15) is 5.60 Å². The Labute approximate surface area is 126 Å². The van der Waals surface area contributed by atoms with Crippen LogP contribution in [0.15, 0.2) is 0 Å². The molecule has 0 aliphatic rings. The molecule has 6 nitrogen and oxygen atoms in total. The third-order valence-electron chi connectivity index (χ3n) is 1.97. The van der Waals surface area contributed by atoms with Gasteiger partial charge in [-0.05, 0) is 27.2 Å². The summed E-state index contributed by atoms with van der Waals surface area (Å²) < 4.78 is 20.1. The summed E-state index contributed by atoms with van der Waals surface area (Å²) in [6.07, 6.45) is 21.0. The lowest BCUT2D eigenvalue weighted by molar-refractivity contribution is 0.0527. The van der Waals surface area contributed by atoms with Crippen molar-refractivity contribution in [3.05, 3.63) is 0 Å². The number of alkyl carbamates (subject to hydrolysis) is 1. The van der Waals surface area contributed by atoms with Gasteiger partial charge in [-0.2, -0.15) is 0 Å². The van der Waals surface area contributed by atoms with Crippen molar-refractivity contribution in [3.63, 3.8) is 0 Å². The van der Waals surface area contributed by atoms with Crippen molar-refractivity contribution in [3.8, 4) is 37.6 Å². The van der Waals surface area contributed by atoms with Crippen LogP contribution in [0.2, 0.25) is 6.04 Å². The number of nitrogens with one attached hydrogen (secondary N) is 1. The molecule has 21 heavy (non-hydrogen) atoms. The number of carbonyl (C=O) groups is 1. The summed E-state index contributed by atoms with van der Waals surface area (Å²) in [6, 6.07) is 0.251. The summed E-state index contributed by atoms with van der Waals surface area (Å²) in [5, 5.41) is 2.58. The Bertz CT molecular complexity index is 423. The van der Waals surface area contributed by atoms with Gasteiger partial charge in [0.15, 0.2) is 0 Å². The Morgan fingerprint density at radius 1 is 1.10 bits per heavy atom. The first kappa shape index (κ1) is 18.6. The number of ether oxygens (including phenoxy) is 1. The van der Waals surface area contributed by atoms with Crippen LogP contribution in [0.3, 0.4) is 0 Å². The van der Waals surface area contributed by atoms with Gasteiger partial charge in [0, 0.05) is 6.54 Å². The van der Waals surface area contributed by atoms with Gasteiger partial charge in [0.25, 0.3) is 0 Å². The van der Waals surface area contributed by atoms with Crippen molar-refractivity contribution >= 4 is 14.9 Å². The quantitative estimate of drug-likeness (QED) is 0.440. The molecule has 0 aliphatic carbocycles. The predicted octanol–water partition coefficient (Wildman–Crippen LogP) is 1.66. The summed E-state index contributed by atoms with van der Waals surface area (Å²) in [7, 11) is -3.31. The first-order chi connectivity index (χ1) is 9.78. The van der Waals surface area contributed by atoms with Gasteiger partial charge in [-0.25, -0.2) is 4.79 Å². The molecular formula is C14H19NO5Si. The fourth-order valence-electron chi connectivity index (χ4n) is 1.29. The lowest BCUT2D eigenvalue weighted by Gasteiger charge is -2.21. The van der Waals surface area contributed by atoms with Gasteiger partial charge < -0.3 is 23.3 Å². The molecule has 0 radical (unpaired) electrons. The molecule has 0 aromatic rings. The second kappa shape index (κ2) is 8.68. The van der Waals surface area contributed by atoms with Gasteiger partial charge in [-0.3, -0.25) is 0 Å². The SMILES string of the molecule is C#CO[Si](CCCNC(=O)OC(C)(C)C)(OC#C)OC#C. The summed E-state index contributed by atoms with van der Waals surface area (Å²) in [6.45, 7) is 5.62. The van der Waals surface area contributed by atoms with E-state index in [2.05, 4.69) is 5.32 Å². The maximum absolute atomic E-state index is 11.4. The van der Waals surface area contributed by atoms with Crippen molar-refractivity contribution < 1.29 is 22.8 Å². The molecule has 0 rings (SSSR count). The minimum Gasteiger partial charge on any atom is -0.444 e. The van der Waals surface area contributed by atoms with Crippen LogP contribution >= 0.6 is 0 Å². The zero-order chi connectivity index (χ0) is 16.4. The minimum atomic E-state index is -3.31. The van der Waals surface area contributed by atoms with E-state index in [0.717, 1.165) is 0 Å². The Kier molecular flexibility index (Phi) is 7.68. The lowest BCUT2D eigenvalue weighted by atomic mass is 10.2. The maximum Gasteiger partial charge on any atom is 0.725 e. The van der Waals surface area contributed by atoms with E-state index in [1.807, 2.05) is 18.3 Å². The molecule has 0 fully saturated rings. The molecule has 0 heterocycles. The number of carbonyl (C=O) groups excluding carboxylic acids is 1. The molecule has 0 aromatic heterocycles. The fraction of sp³-hybridized carbons (Fsp3) is 0.500. The smallest absolute Gasteiger partial charge is 0.444 e. The first-order valence-corrected chi connectivity index (χ1v) is 8.09. The average Bonchev–Trinajstić information content (AvgIpc) is 2.33. The van der Waals surface area contributed by atoms with Crippen molar-refractivity contribution in [2.45, 2.75) is 38.8 Å². The molecular weight excluding hydrogens is 290 g/mol. The molecule has 0 bridgehead atoms. The molecule has 0 aromatic carbocycles. The zero-order valence-electron chi connectivity index (χ0n) is 12.4. The molecule has 0 saturated heterocycles. The van der Waals surface area contributed by atoms with E-state index < -0.39 is 20.5 Å². The van der Waals surface area contributed by atoms with Crippen LogP contribution < -0.4 is 5.32 Å². The highest BCUT2D eigenvalue weighted by Crippen LogP contribution is 2.16. The molecule has 0 atom stereocenters. The van der Waals surface area contributed by atoms with Crippen LogP contribution in [0, 0.1) is 37.6 Å². The largest absolute Gasteiger partial charge is 0.725 e. The van der Waals surface area contributed by atoms with Crippen LogP contribution in [-0.4, -0.2) is 27.0 Å². The van der Waals surface area contributed by atoms with Crippen molar-refractivity contribution in [2.75, 3.05) is 6.54 Å². The molecule has 0 aliphatic heterocycles. The van der Waals surface area contributed by atoms with E-state index >= 15 is 0 Å². The van der Waals surface area contributed by atoms with Crippen molar-refractivity contribution in [1.29, 1.82) is 0 Å². The van der Waals surface area contributed by atoms with Gasteiger partial charge in [-0.15, -0.1) is 0 Å². The average molecular weight is 309 g/mol. The summed E-state index contributed by atoms with van der Waals surface area (Å²) in [5.74, 6) is 0. The van der Waals surface area contributed by atoms with Gasteiger partial charge >= 0.3 is 14.9 Å². The maximum atomic E-state index is 11.4. The van der Waals surface area contributed by atoms with Crippen molar-refractivity contribution in [2.24, 2.45) is 0 Å². The van der Waals surface area contributed by atoms with E-state index in [9.17, 15) is 4.79 Å². The van der Waals surface area contributed by atoms with E-state index in [0.29, 0.717) is 13.0 Å². The third-order valence-corrected chi connectivity index (χ3v) is 4.22. The number of hydrogen-bond donors (Lipinski definition) is 1. The van der Waals surface area contributed by atoms with E-state index in [-0.39, 0.29) is 6.04 Å². The molecule has 7 heteroatoms. The highest BCUT2D eigenvalue weighted by molar-refractivity contribution is 6.61. The van der Waals surface area contributed by atoms with E-state index in [4.69, 9.17) is 37.3 Å². The predicted molar refractivity (Wildman–Crippen MR) is 79.2 cm³/mol. The normalized spacial score (nSPS) is 10.3. The summed E-state index contributed by atoms with van der Waals surface area (Å²) in [5.41, 5.74) is -0.561. The Morgan fingerprint density at radius 3 is 1.95 bits per heavy atom. The second-order valence-corrected chi connectivity index (χ2v) is 7.35. The topological polar surface area (TPSA) is 66.0 Å². The summed E-state index contributed by atoms with van der Waals surface area (Å²) >= 11 is 0. The molecule has 0 saturated carbocycles. The number of terminal acetylenes is 3. The number of amides is 1. The monoisotopic (exact) mass is 309 g/mol. The van der Waals surface area contributed by atoms with Crippen LogP contribution in [0.25, 0.3) is 0 Å². The number of hydrogen-bond acceptors (Lipinski definition) is 5. The van der Waals surface area contributed by atoms with Crippen LogP contribution in [-0.2, 0) is 18.0 Å². The standard InChI is InChI=1S/C14H19NO5Si/c1-7-17-21(18-8-2,19-9-3)12-10-11-15-13(16)20-14(4,5)6/h1-3H,10-12H2,4-6H3,(H,15,16). The Morgan fingerprint density at radius 2 is 1.57 bits per heavy atom.